The van der Waals surface area contributed by atoms with Crippen molar-refractivity contribution in [3.05, 3.63) is 82.9 Å². The van der Waals surface area contributed by atoms with Crippen LogP contribution in [0.3, 0.4) is 0 Å². The molecule has 7 heteroatoms. The van der Waals surface area contributed by atoms with E-state index in [1.54, 1.807) is 36.7 Å². The normalized spacial score (nSPS) is 12.9. The molecular formula is C22H19BrN6. The van der Waals surface area contributed by atoms with Crippen LogP contribution in [0.1, 0.15) is 11.4 Å². The third kappa shape index (κ3) is 5.78. The molecule has 0 amide bonds. The second kappa shape index (κ2) is 10.2. The highest BCUT2D eigenvalue weighted by atomic mass is 79.9. The smallest absolute Gasteiger partial charge is 0.140 e. The first-order valence-corrected chi connectivity index (χ1v) is 9.91. The van der Waals surface area contributed by atoms with E-state index in [4.69, 9.17) is 10.5 Å². The van der Waals surface area contributed by atoms with Gasteiger partial charge in [0.05, 0.1) is 11.9 Å². The van der Waals surface area contributed by atoms with Crippen molar-refractivity contribution in [2.75, 3.05) is 36.0 Å². The molecule has 0 saturated carbocycles. The summed E-state index contributed by atoms with van der Waals surface area (Å²) in [6, 6.07) is 21.4. The summed E-state index contributed by atoms with van der Waals surface area (Å²) in [6.45, 7) is 3.90. The van der Waals surface area contributed by atoms with Crippen LogP contribution >= 0.6 is 15.9 Å². The molecule has 6 nitrogen and oxygen atoms in total. The van der Waals surface area contributed by atoms with E-state index in [0.717, 1.165) is 36.3 Å². The van der Waals surface area contributed by atoms with Crippen LogP contribution in [0.2, 0.25) is 0 Å². The van der Waals surface area contributed by atoms with E-state index in [1.165, 1.54) is 5.69 Å². The van der Waals surface area contributed by atoms with Crippen molar-refractivity contribution in [1.82, 2.24) is 9.97 Å². The first-order chi connectivity index (χ1) is 14.2. The summed E-state index contributed by atoms with van der Waals surface area (Å²) in [5, 5.41) is 17.0. The molecule has 1 aromatic carbocycles. The topological polar surface area (TPSA) is 79.8 Å². The molecule has 1 aliphatic rings. The summed E-state index contributed by atoms with van der Waals surface area (Å²) in [7, 11) is 0. The first kappa shape index (κ1) is 20.3. The highest BCUT2D eigenvalue weighted by Gasteiger charge is 2.17. The summed E-state index contributed by atoms with van der Waals surface area (Å²) >= 11 is 3.46. The number of hydrogen-bond acceptors (Lipinski definition) is 6. The zero-order valence-electron chi connectivity index (χ0n) is 15.7. The van der Waals surface area contributed by atoms with Gasteiger partial charge in [-0.25, -0.2) is 9.97 Å². The molecule has 2 aromatic heterocycles. The molecule has 0 radical (unpaired) electrons. The summed E-state index contributed by atoms with van der Waals surface area (Å²) in [6.07, 6.45) is 3.38. The van der Waals surface area contributed by atoms with Crippen LogP contribution in [-0.4, -0.2) is 36.1 Å². The molecular weight excluding hydrogens is 428 g/mol. The van der Waals surface area contributed by atoms with Gasteiger partial charge in [0.1, 0.15) is 23.5 Å². The number of anilines is 2. The summed E-state index contributed by atoms with van der Waals surface area (Å²) in [4.78, 5) is 12.6. The Labute approximate surface area is 178 Å². The molecule has 0 unspecified atom stereocenters. The van der Waals surface area contributed by atoms with Crippen LogP contribution in [0.4, 0.5) is 11.4 Å². The third-order valence-electron chi connectivity index (χ3n) is 4.48. The number of halogens is 1. The fourth-order valence-electron chi connectivity index (χ4n) is 2.94. The standard InChI is InChI=1S/C16H15BrN4.C6H4N2/c17-13-1-4-15(5-2-13)20-7-9-21(10-8-20)16-6-3-14(11-18)19-12-16;7-5-6-3-1-2-4-8-6/h1-6,12H,7-10H2;1-4H. The summed E-state index contributed by atoms with van der Waals surface area (Å²) in [5.74, 6) is 0. The van der Waals surface area contributed by atoms with Crippen molar-refractivity contribution in [1.29, 1.82) is 10.5 Å². The third-order valence-corrected chi connectivity index (χ3v) is 5.01. The Kier molecular flexibility index (Phi) is 7.16. The van der Waals surface area contributed by atoms with Gasteiger partial charge in [-0.3, -0.25) is 0 Å². The van der Waals surface area contributed by atoms with Crippen LogP contribution in [-0.2, 0) is 0 Å². The Morgan fingerprint density at radius 3 is 1.79 bits per heavy atom. The van der Waals surface area contributed by atoms with Gasteiger partial charge >= 0.3 is 0 Å². The van der Waals surface area contributed by atoms with Crippen LogP contribution < -0.4 is 9.80 Å². The van der Waals surface area contributed by atoms with Crippen molar-refractivity contribution < 1.29 is 0 Å². The van der Waals surface area contributed by atoms with Crippen LogP contribution in [0.15, 0.2) is 71.5 Å². The Morgan fingerprint density at radius 2 is 1.31 bits per heavy atom. The van der Waals surface area contributed by atoms with E-state index >= 15 is 0 Å². The maximum absolute atomic E-state index is 8.78. The summed E-state index contributed by atoms with van der Waals surface area (Å²) in [5.41, 5.74) is 3.28. The first-order valence-electron chi connectivity index (χ1n) is 9.12. The second-order valence-electron chi connectivity index (χ2n) is 6.29. The van der Waals surface area contributed by atoms with E-state index in [2.05, 4.69) is 60.0 Å². The molecule has 0 aliphatic carbocycles. The number of nitrogens with zero attached hydrogens (tertiary/aromatic N) is 6. The zero-order chi connectivity index (χ0) is 20.5. The maximum Gasteiger partial charge on any atom is 0.140 e. The fraction of sp³-hybridized carbons (Fsp3) is 0.182. The lowest BCUT2D eigenvalue weighted by Gasteiger charge is -2.37. The largest absolute Gasteiger partial charge is 0.368 e. The predicted octanol–water partition coefficient (Wildman–Crippen LogP) is 4.00. The molecule has 1 saturated heterocycles. The van der Waals surface area contributed by atoms with Gasteiger partial charge in [0.25, 0.3) is 0 Å². The van der Waals surface area contributed by atoms with E-state index in [1.807, 2.05) is 18.2 Å². The molecule has 144 valence electrons. The highest BCUT2D eigenvalue weighted by Crippen LogP contribution is 2.22. The molecule has 0 bridgehead atoms. The Bertz CT molecular complexity index is 983. The van der Waals surface area contributed by atoms with Gasteiger partial charge in [0, 0.05) is 42.5 Å². The monoisotopic (exact) mass is 446 g/mol. The zero-order valence-corrected chi connectivity index (χ0v) is 17.3. The number of pyridine rings is 2. The lowest BCUT2D eigenvalue weighted by molar-refractivity contribution is 0.652. The van der Waals surface area contributed by atoms with Gasteiger partial charge in [-0.1, -0.05) is 22.0 Å². The van der Waals surface area contributed by atoms with E-state index in [-0.39, 0.29) is 0 Å². The number of aromatic nitrogens is 2. The Morgan fingerprint density at radius 1 is 0.724 bits per heavy atom. The van der Waals surface area contributed by atoms with Gasteiger partial charge in [0.15, 0.2) is 0 Å². The van der Waals surface area contributed by atoms with Crippen molar-refractivity contribution in [3.8, 4) is 12.1 Å². The van der Waals surface area contributed by atoms with Gasteiger partial charge < -0.3 is 9.80 Å². The molecule has 0 N–H and O–H groups in total. The maximum atomic E-state index is 8.78. The molecule has 29 heavy (non-hydrogen) atoms. The van der Waals surface area contributed by atoms with Crippen molar-refractivity contribution in [2.24, 2.45) is 0 Å². The number of rotatable bonds is 2. The van der Waals surface area contributed by atoms with Crippen LogP contribution in [0, 0.1) is 22.7 Å². The molecule has 0 atom stereocenters. The Hall–Kier alpha value is -3.42. The average Bonchev–Trinajstić information content (AvgIpc) is 2.81. The minimum atomic E-state index is 0.465. The highest BCUT2D eigenvalue weighted by molar-refractivity contribution is 9.10. The fourth-order valence-corrected chi connectivity index (χ4v) is 3.21. The second-order valence-corrected chi connectivity index (χ2v) is 7.21. The average molecular weight is 447 g/mol. The lowest BCUT2D eigenvalue weighted by atomic mass is 10.2. The molecule has 4 rings (SSSR count). The minimum absolute atomic E-state index is 0.465. The SMILES string of the molecule is N#Cc1ccc(N2CCN(c3ccc(Br)cc3)CC2)cn1.N#Cc1ccccn1. The van der Waals surface area contributed by atoms with Crippen molar-refractivity contribution in [2.45, 2.75) is 0 Å². The molecule has 0 spiro atoms. The van der Waals surface area contributed by atoms with Gasteiger partial charge in [-0.15, -0.1) is 0 Å². The lowest BCUT2D eigenvalue weighted by Crippen LogP contribution is -2.46. The molecule has 3 heterocycles. The van der Waals surface area contributed by atoms with E-state index in [9.17, 15) is 0 Å². The predicted molar refractivity (Wildman–Crippen MR) is 116 cm³/mol. The van der Waals surface area contributed by atoms with E-state index < -0.39 is 0 Å². The van der Waals surface area contributed by atoms with Gasteiger partial charge in [-0.2, -0.15) is 10.5 Å². The minimum Gasteiger partial charge on any atom is -0.368 e. The van der Waals surface area contributed by atoms with Gasteiger partial charge in [-0.05, 0) is 48.5 Å². The quantitative estimate of drug-likeness (QED) is 0.591. The van der Waals surface area contributed by atoms with Gasteiger partial charge in [0.2, 0.25) is 0 Å². The Balaban J connectivity index is 0.000000252. The molecule has 3 aromatic rings. The number of piperazine rings is 1. The number of nitriles is 2. The number of hydrogen-bond donors (Lipinski definition) is 0. The van der Waals surface area contributed by atoms with Crippen LogP contribution in [0.25, 0.3) is 0 Å². The van der Waals surface area contributed by atoms with Crippen molar-refractivity contribution in [3.63, 3.8) is 0 Å². The van der Waals surface area contributed by atoms with E-state index in [0.29, 0.717) is 11.4 Å². The van der Waals surface area contributed by atoms with Crippen molar-refractivity contribution >= 4 is 27.3 Å². The molecule has 1 fully saturated rings. The van der Waals surface area contributed by atoms with Crippen LogP contribution in [0.5, 0.6) is 0 Å². The summed E-state index contributed by atoms with van der Waals surface area (Å²) < 4.78 is 1.11. The number of benzene rings is 1. The molecule has 1 aliphatic heterocycles.